The Morgan fingerprint density at radius 1 is 1.17 bits per heavy atom. The van der Waals surface area contributed by atoms with Crippen LogP contribution in [0.3, 0.4) is 0 Å². The Bertz CT molecular complexity index is 952. The molecule has 0 unspecified atom stereocenters. The van der Waals surface area contributed by atoms with E-state index in [4.69, 9.17) is 16.2 Å². The molecule has 1 heterocycles. The first kappa shape index (κ1) is 15.2. The molecule has 0 saturated carbocycles. The molecule has 8 nitrogen and oxygen atoms in total. The number of aromatic nitrogens is 3. The van der Waals surface area contributed by atoms with Gasteiger partial charge in [-0.05, 0) is 30.3 Å². The maximum Gasteiger partial charge on any atom is 0.335 e. The van der Waals surface area contributed by atoms with Crippen molar-refractivity contribution in [3.05, 3.63) is 65.6 Å². The summed E-state index contributed by atoms with van der Waals surface area (Å²) in [7, 11) is 0. The molecule has 1 aromatic heterocycles. The molecule has 3 aromatic rings. The Labute approximate surface area is 136 Å². The summed E-state index contributed by atoms with van der Waals surface area (Å²) in [6.45, 7) is 0. The molecule has 0 aliphatic carbocycles. The van der Waals surface area contributed by atoms with E-state index in [0.717, 1.165) is 0 Å². The summed E-state index contributed by atoms with van der Waals surface area (Å²) in [6.07, 6.45) is 0. The van der Waals surface area contributed by atoms with Crippen LogP contribution in [0.25, 0.3) is 5.69 Å². The van der Waals surface area contributed by atoms with Gasteiger partial charge in [-0.15, -0.1) is 5.10 Å². The largest absolute Gasteiger partial charge is 0.478 e. The first-order chi connectivity index (χ1) is 11.5. The molecule has 8 heteroatoms. The van der Waals surface area contributed by atoms with Crippen LogP contribution in [0.4, 0.5) is 17.5 Å². The van der Waals surface area contributed by atoms with E-state index in [2.05, 4.69) is 15.4 Å². The van der Waals surface area contributed by atoms with Crippen LogP contribution in [0, 0.1) is 5.41 Å². The maximum absolute atomic E-state index is 11.0. The molecule has 0 atom stereocenters. The van der Waals surface area contributed by atoms with Crippen LogP contribution in [0.1, 0.15) is 10.4 Å². The second-order valence-corrected chi connectivity index (χ2v) is 4.93. The molecule has 0 radical (unpaired) electrons. The van der Waals surface area contributed by atoms with Gasteiger partial charge in [-0.3, -0.25) is 5.41 Å². The third-order valence-corrected chi connectivity index (χ3v) is 3.24. The van der Waals surface area contributed by atoms with Crippen LogP contribution in [0.5, 0.6) is 0 Å². The zero-order chi connectivity index (χ0) is 17.1. The Morgan fingerprint density at radius 2 is 1.92 bits per heavy atom. The molecule has 5 N–H and O–H groups in total. The van der Waals surface area contributed by atoms with E-state index in [-0.39, 0.29) is 22.8 Å². The van der Waals surface area contributed by atoms with Crippen LogP contribution in [0.15, 0.2) is 54.6 Å². The Morgan fingerprint density at radius 3 is 2.62 bits per heavy atom. The average molecular weight is 322 g/mol. The Balaban J connectivity index is 2.01. The van der Waals surface area contributed by atoms with E-state index >= 15 is 0 Å². The minimum atomic E-state index is -1.03. The highest BCUT2D eigenvalue weighted by Gasteiger charge is 2.09. The van der Waals surface area contributed by atoms with Crippen LogP contribution in [0.2, 0.25) is 0 Å². The molecule has 2 aromatic carbocycles. The lowest BCUT2D eigenvalue weighted by Crippen LogP contribution is -2.26. The zero-order valence-electron chi connectivity index (χ0n) is 12.5. The predicted molar refractivity (Wildman–Crippen MR) is 88.3 cm³/mol. The van der Waals surface area contributed by atoms with Crippen molar-refractivity contribution in [1.82, 2.24) is 14.8 Å². The molecule has 0 fully saturated rings. The summed E-state index contributed by atoms with van der Waals surface area (Å²) in [5.74, 6) is -0.861. The number of aromatic carboxylic acids is 1. The molecule has 0 aliphatic heterocycles. The van der Waals surface area contributed by atoms with Crippen molar-refractivity contribution in [2.24, 2.45) is 0 Å². The van der Waals surface area contributed by atoms with Gasteiger partial charge in [0.05, 0.1) is 11.3 Å². The normalized spacial score (nSPS) is 10.3. The minimum Gasteiger partial charge on any atom is -0.478 e. The second-order valence-electron chi connectivity index (χ2n) is 4.93. The lowest BCUT2D eigenvalue weighted by molar-refractivity contribution is 0.0697. The van der Waals surface area contributed by atoms with Gasteiger partial charge in [-0.25, -0.2) is 9.48 Å². The SMILES string of the molecule is N=c1c(N)nc(Nc2cccc(C(=O)O)c2)nn1-c1ccccc1. The Kier molecular flexibility index (Phi) is 3.94. The third-order valence-electron chi connectivity index (χ3n) is 3.24. The summed E-state index contributed by atoms with van der Waals surface area (Å²) in [5.41, 5.74) is 7.07. The monoisotopic (exact) mass is 322 g/mol. The fraction of sp³-hybridized carbons (Fsp3) is 0. The quantitative estimate of drug-likeness (QED) is 0.579. The van der Waals surface area contributed by atoms with Crippen molar-refractivity contribution in [1.29, 1.82) is 5.41 Å². The number of nitrogens with two attached hydrogens (primary N) is 1. The molecule has 0 aliphatic rings. The zero-order valence-corrected chi connectivity index (χ0v) is 12.5. The first-order valence-corrected chi connectivity index (χ1v) is 7.02. The van der Waals surface area contributed by atoms with E-state index in [1.54, 1.807) is 24.3 Å². The van der Waals surface area contributed by atoms with Crippen molar-refractivity contribution in [3.8, 4) is 5.69 Å². The number of para-hydroxylation sites is 1. The molecular weight excluding hydrogens is 308 g/mol. The van der Waals surface area contributed by atoms with Gasteiger partial charge in [0.1, 0.15) is 0 Å². The van der Waals surface area contributed by atoms with Crippen LogP contribution < -0.4 is 16.5 Å². The summed E-state index contributed by atoms with van der Waals surface area (Å²) in [6, 6.07) is 15.3. The molecule has 0 saturated heterocycles. The molecular formula is C16H14N6O2. The number of carboxylic acids is 1. The number of rotatable bonds is 4. The highest BCUT2D eigenvalue weighted by Crippen LogP contribution is 2.15. The molecule has 24 heavy (non-hydrogen) atoms. The minimum absolute atomic E-state index is 0.00532. The summed E-state index contributed by atoms with van der Waals surface area (Å²) in [4.78, 5) is 15.1. The fourth-order valence-electron chi connectivity index (χ4n) is 2.11. The molecule has 0 spiro atoms. The van der Waals surface area contributed by atoms with Gasteiger partial charge in [-0.2, -0.15) is 4.98 Å². The summed E-state index contributed by atoms with van der Waals surface area (Å²) >= 11 is 0. The summed E-state index contributed by atoms with van der Waals surface area (Å²) < 4.78 is 1.35. The maximum atomic E-state index is 11.0. The predicted octanol–water partition coefficient (Wildman–Crippen LogP) is 1.77. The standard InChI is InChI=1S/C16H14N6O2/c17-13-14(18)22(12-7-2-1-3-8-12)21-16(20-13)19-11-6-4-5-10(9-11)15(23)24/h1-9,18H,(H,23,24)(H3,17,19,20,21). The smallest absolute Gasteiger partial charge is 0.335 e. The van der Waals surface area contributed by atoms with Crippen molar-refractivity contribution in [2.45, 2.75) is 0 Å². The van der Waals surface area contributed by atoms with Crippen molar-refractivity contribution >= 4 is 23.4 Å². The number of anilines is 3. The highest BCUT2D eigenvalue weighted by molar-refractivity contribution is 5.88. The molecule has 0 amide bonds. The number of nitrogens with zero attached hydrogens (tertiary/aromatic N) is 3. The van der Waals surface area contributed by atoms with E-state index in [1.807, 2.05) is 18.2 Å². The van der Waals surface area contributed by atoms with Gasteiger partial charge < -0.3 is 16.2 Å². The fourth-order valence-corrected chi connectivity index (χ4v) is 2.11. The third kappa shape index (κ3) is 3.07. The van der Waals surface area contributed by atoms with Gasteiger partial charge in [0, 0.05) is 5.69 Å². The molecule has 3 rings (SSSR count). The Hall–Kier alpha value is -3.68. The van der Waals surface area contributed by atoms with Crippen molar-refractivity contribution in [2.75, 3.05) is 11.1 Å². The number of nitrogen functional groups attached to an aromatic ring is 1. The number of hydrogen-bond acceptors (Lipinski definition) is 6. The number of carbonyl (C=O) groups is 1. The molecule has 120 valence electrons. The number of hydrogen-bond donors (Lipinski definition) is 4. The number of carboxylic acid groups (broad SMARTS) is 1. The topological polar surface area (TPSA) is 130 Å². The van der Waals surface area contributed by atoms with E-state index in [9.17, 15) is 4.79 Å². The van der Waals surface area contributed by atoms with E-state index in [0.29, 0.717) is 11.4 Å². The van der Waals surface area contributed by atoms with E-state index < -0.39 is 5.97 Å². The average Bonchev–Trinajstić information content (AvgIpc) is 2.59. The van der Waals surface area contributed by atoms with Gasteiger partial charge in [0.15, 0.2) is 11.3 Å². The summed E-state index contributed by atoms with van der Waals surface area (Å²) in [5, 5.41) is 24.2. The first-order valence-electron chi connectivity index (χ1n) is 7.02. The van der Waals surface area contributed by atoms with Gasteiger partial charge >= 0.3 is 5.97 Å². The number of benzene rings is 2. The van der Waals surface area contributed by atoms with Crippen molar-refractivity contribution in [3.63, 3.8) is 0 Å². The lowest BCUT2D eigenvalue weighted by Gasteiger charge is -2.11. The van der Waals surface area contributed by atoms with Crippen LogP contribution >= 0.6 is 0 Å². The van der Waals surface area contributed by atoms with Gasteiger partial charge in [0.2, 0.25) is 5.95 Å². The van der Waals surface area contributed by atoms with Crippen LogP contribution in [-0.2, 0) is 0 Å². The van der Waals surface area contributed by atoms with Gasteiger partial charge in [0.25, 0.3) is 0 Å². The lowest BCUT2D eigenvalue weighted by atomic mass is 10.2. The molecule has 0 bridgehead atoms. The van der Waals surface area contributed by atoms with Crippen LogP contribution in [-0.4, -0.2) is 25.8 Å². The number of nitrogens with one attached hydrogen (secondary N) is 2. The second kappa shape index (κ2) is 6.21. The van der Waals surface area contributed by atoms with Gasteiger partial charge in [-0.1, -0.05) is 24.3 Å². The highest BCUT2D eigenvalue weighted by atomic mass is 16.4. The van der Waals surface area contributed by atoms with Crippen molar-refractivity contribution < 1.29 is 9.90 Å². The van der Waals surface area contributed by atoms with E-state index in [1.165, 1.54) is 16.8 Å².